The topological polar surface area (TPSA) is 261 Å². The molecular formula is C14H20N7O9P. The molecule has 1 aliphatic rings. The molecule has 5 atom stereocenters. The summed E-state index contributed by atoms with van der Waals surface area (Å²) in [5, 5.41) is 10.8. The SMILES string of the molecule is NC(=O)CC(N)C(=O)OC1C(COP(=O)(O)O)OC(n2cnc3c(N)ncnc32)C1O. The summed E-state index contributed by atoms with van der Waals surface area (Å²) in [4.78, 5) is 53.0. The summed E-state index contributed by atoms with van der Waals surface area (Å²) in [6.07, 6.45) is -3.73. The molecule has 1 fully saturated rings. The Morgan fingerprint density at radius 1 is 1.32 bits per heavy atom. The maximum Gasteiger partial charge on any atom is 0.469 e. The number of hydrogen-bond donors (Lipinski definition) is 6. The molecule has 0 bridgehead atoms. The first kappa shape index (κ1) is 23.0. The van der Waals surface area contributed by atoms with E-state index in [1.807, 2.05) is 0 Å². The number of hydrogen-bond acceptors (Lipinski definition) is 12. The van der Waals surface area contributed by atoms with E-state index in [2.05, 4.69) is 19.5 Å². The van der Waals surface area contributed by atoms with E-state index >= 15 is 0 Å². The predicted molar refractivity (Wildman–Crippen MR) is 99.3 cm³/mol. The molecule has 31 heavy (non-hydrogen) atoms. The van der Waals surface area contributed by atoms with Gasteiger partial charge in [0.15, 0.2) is 23.8 Å². The zero-order valence-corrected chi connectivity index (χ0v) is 16.6. The number of rotatable bonds is 8. The molecule has 3 heterocycles. The molecule has 1 aliphatic heterocycles. The highest BCUT2D eigenvalue weighted by Crippen LogP contribution is 2.39. The zero-order chi connectivity index (χ0) is 22.9. The molecule has 0 radical (unpaired) electrons. The van der Waals surface area contributed by atoms with E-state index in [1.165, 1.54) is 10.9 Å². The van der Waals surface area contributed by atoms with Crippen LogP contribution in [0.2, 0.25) is 0 Å². The number of aromatic nitrogens is 4. The van der Waals surface area contributed by atoms with Gasteiger partial charge in [0.1, 0.15) is 30.1 Å². The van der Waals surface area contributed by atoms with Gasteiger partial charge in [0.2, 0.25) is 5.91 Å². The average molecular weight is 461 g/mol. The highest BCUT2D eigenvalue weighted by molar-refractivity contribution is 7.46. The minimum Gasteiger partial charge on any atom is -0.455 e. The molecule has 9 N–H and O–H groups in total. The minimum absolute atomic E-state index is 0.0676. The molecule has 1 amide bonds. The third-order valence-corrected chi connectivity index (χ3v) is 4.84. The standard InChI is InChI=1S/C14H20N7O9P/c15-5(1-7(16)22)14(24)30-10-6(2-28-31(25,26)27)29-13(9(10)23)21-4-20-8-11(17)18-3-19-12(8)21/h3-6,9-10,13,23H,1-2,15H2,(H2,16,22)(H2,17,18,19)(H2,25,26,27). The van der Waals surface area contributed by atoms with E-state index in [0.717, 1.165) is 6.33 Å². The number of nitrogens with zero attached hydrogens (tertiary/aromatic N) is 4. The summed E-state index contributed by atoms with van der Waals surface area (Å²) in [5.41, 5.74) is 16.7. The maximum absolute atomic E-state index is 12.2. The number of primary amides is 1. The number of nitrogens with two attached hydrogens (primary N) is 3. The summed E-state index contributed by atoms with van der Waals surface area (Å²) >= 11 is 0. The number of fused-ring (bicyclic) bond motifs is 1. The molecule has 0 aromatic carbocycles. The number of anilines is 1. The molecule has 0 aliphatic carbocycles. The summed E-state index contributed by atoms with van der Waals surface area (Å²) in [6.45, 7) is -0.745. The molecular weight excluding hydrogens is 441 g/mol. The Kier molecular flexibility index (Phi) is 6.51. The maximum atomic E-state index is 12.2. The lowest BCUT2D eigenvalue weighted by atomic mass is 10.1. The third-order valence-electron chi connectivity index (χ3n) is 4.35. The zero-order valence-electron chi connectivity index (χ0n) is 15.7. The quantitative estimate of drug-likeness (QED) is 0.168. The lowest BCUT2D eigenvalue weighted by Crippen LogP contribution is -2.44. The van der Waals surface area contributed by atoms with E-state index in [1.54, 1.807) is 0 Å². The second-order valence-electron chi connectivity index (χ2n) is 6.60. The number of esters is 1. The molecule has 16 nitrogen and oxygen atoms in total. The van der Waals surface area contributed by atoms with Gasteiger partial charge in [-0.05, 0) is 0 Å². The summed E-state index contributed by atoms with van der Waals surface area (Å²) in [6, 6.07) is -1.42. The number of aliphatic hydroxyl groups excluding tert-OH is 1. The normalized spacial score (nSPS) is 24.9. The van der Waals surface area contributed by atoms with E-state index in [0.29, 0.717) is 0 Å². The van der Waals surface area contributed by atoms with Crippen LogP contribution in [0.5, 0.6) is 0 Å². The Hall–Kier alpha value is -2.72. The largest absolute Gasteiger partial charge is 0.469 e. The van der Waals surface area contributed by atoms with Crippen molar-refractivity contribution in [3.8, 4) is 0 Å². The van der Waals surface area contributed by atoms with Gasteiger partial charge in [0.25, 0.3) is 0 Å². The van der Waals surface area contributed by atoms with Crippen LogP contribution in [0.15, 0.2) is 12.7 Å². The second kappa shape index (κ2) is 8.80. The number of aliphatic hydroxyl groups is 1. The number of imidazole rings is 1. The molecule has 1 saturated heterocycles. The van der Waals surface area contributed by atoms with Crippen LogP contribution in [0.3, 0.4) is 0 Å². The lowest BCUT2D eigenvalue weighted by Gasteiger charge is -2.22. The Bertz CT molecular complexity index is 1030. The molecule has 5 unspecified atom stereocenters. The number of phosphoric acid groups is 1. The van der Waals surface area contributed by atoms with Gasteiger partial charge in [-0.15, -0.1) is 0 Å². The summed E-state index contributed by atoms with van der Waals surface area (Å²) in [7, 11) is -4.91. The number of ether oxygens (including phenoxy) is 2. The molecule has 2 aromatic heterocycles. The van der Waals surface area contributed by atoms with Gasteiger partial charge in [-0.25, -0.2) is 19.5 Å². The van der Waals surface area contributed by atoms with Crippen molar-refractivity contribution in [2.75, 3.05) is 12.3 Å². The van der Waals surface area contributed by atoms with Crippen LogP contribution in [0, 0.1) is 0 Å². The van der Waals surface area contributed by atoms with Gasteiger partial charge in [-0.3, -0.25) is 18.7 Å². The smallest absolute Gasteiger partial charge is 0.455 e. The fourth-order valence-electron chi connectivity index (χ4n) is 2.98. The Balaban J connectivity index is 1.87. The Labute approximate surface area is 173 Å². The fraction of sp³-hybridized carbons (Fsp3) is 0.500. The number of amides is 1. The molecule has 170 valence electrons. The van der Waals surface area contributed by atoms with Crippen molar-refractivity contribution in [3.63, 3.8) is 0 Å². The summed E-state index contributed by atoms with van der Waals surface area (Å²) < 4.78 is 27.6. The number of carbonyl (C=O) groups is 2. The lowest BCUT2D eigenvalue weighted by molar-refractivity contribution is -0.158. The molecule has 0 spiro atoms. The second-order valence-corrected chi connectivity index (χ2v) is 7.84. The highest BCUT2D eigenvalue weighted by atomic mass is 31.2. The van der Waals surface area contributed by atoms with E-state index in [-0.39, 0.29) is 17.0 Å². The van der Waals surface area contributed by atoms with E-state index in [9.17, 15) is 19.3 Å². The van der Waals surface area contributed by atoms with Crippen LogP contribution in [0.25, 0.3) is 11.2 Å². The average Bonchev–Trinajstić information content (AvgIpc) is 3.22. The van der Waals surface area contributed by atoms with Gasteiger partial charge in [0.05, 0.1) is 19.4 Å². The van der Waals surface area contributed by atoms with Gasteiger partial charge >= 0.3 is 13.8 Å². The van der Waals surface area contributed by atoms with Gasteiger partial charge in [0, 0.05) is 0 Å². The van der Waals surface area contributed by atoms with Crippen molar-refractivity contribution in [1.82, 2.24) is 19.5 Å². The van der Waals surface area contributed by atoms with E-state index in [4.69, 9.17) is 36.5 Å². The van der Waals surface area contributed by atoms with Crippen LogP contribution in [-0.4, -0.2) is 77.2 Å². The first-order valence-electron chi connectivity index (χ1n) is 8.69. The van der Waals surface area contributed by atoms with E-state index < -0.39 is 63.3 Å². The minimum atomic E-state index is -4.91. The third kappa shape index (κ3) is 5.13. The van der Waals surface area contributed by atoms with Crippen molar-refractivity contribution in [2.45, 2.75) is 37.0 Å². The van der Waals surface area contributed by atoms with Crippen molar-refractivity contribution >= 4 is 36.7 Å². The van der Waals surface area contributed by atoms with Crippen LogP contribution >= 0.6 is 7.82 Å². The number of carbonyl (C=O) groups excluding carboxylic acids is 2. The molecule has 3 rings (SSSR count). The highest BCUT2D eigenvalue weighted by Gasteiger charge is 2.49. The van der Waals surface area contributed by atoms with Gasteiger partial charge in [-0.1, -0.05) is 0 Å². The van der Waals surface area contributed by atoms with Crippen LogP contribution in [-0.2, 0) is 28.2 Å². The van der Waals surface area contributed by atoms with Gasteiger partial charge < -0.3 is 41.6 Å². The first-order valence-corrected chi connectivity index (χ1v) is 10.2. The Morgan fingerprint density at radius 3 is 2.68 bits per heavy atom. The first-order chi connectivity index (χ1) is 14.5. The van der Waals surface area contributed by atoms with Crippen molar-refractivity contribution in [3.05, 3.63) is 12.7 Å². The fourth-order valence-corrected chi connectivity index (χ4v) is 3.32. The summed E-state index contributed by atoms with van der Waals surface area (Å²) in [5.74, 6) is -1.87. The van der Waals surface area contributed by atoms with Crippen molar-refractivity contribution < 1.29 is 43.0 Å². The predicted octanol–water partition coefficient (Wildman–Crippen LogP) is -3.11. The molecule has 17 heteroatoms. The van der Waals surface area contributed by atoms with Gasteiger partial charge in [-0.2, -0.15) is 0 Å². The molecule has 2 aromatic rings. The Morgan fingerprint density at radius 2 is 2.03 bits per heavy atom. The molecule has 0 saturated carbocycles. The van der Waals surface area contributed by atoms with Crippen LogP contribution < -0.4 is 17.2 Å². The van der Waals surface area contributed by atoms with Crippen molar-refractivity contribution in [1.29, 1.82) is 0 Å². The number of nitrogen functional groups attached to an aromatic ring is 1. The monoisotopic (exact) mass is 461 g/mol. The van der Waals surface area contributed by atoms with Crippen molar-refractivity contribution in [2.24, 2.45) is 11.5 Å². The van der Waals surface area contributed by atoms with Crippen LogP contribution in [0.1, 0.15) is 12.6 Å². The van der Waals surface area contributed by atoms with Crippen LogP contribution in [0.4, 0.5) is 5.82 Å². The number of phosphoric ester groups is 1.